The normalized spacial score (nSPS) is 11.0. The van der Waals surface area contributed by atoms with Crippen molar-refractivity contribution in [3.8, 4) is 6.07 Å². The minimum atomic E-state index is -0.660. The second-order valence-corrected chi connectivity index (χ2v) is 7.46. The lowest BCUT2D eigenvalue weighted by atomic mass is 10.1. The van der Waals surface area contributed by atoms with Crippen LogP contribution in [0.4, 0.5) is 11.0 Å². The molecular formula is C21H13N5O4S. The largest absolute Gasteiger partial charge is 0.433 e. The number of aromatic nitrogens is 1. The topological polar surface area (TPSA) is 126 Å². The van der Waals surface area contributed by atoms with Gasteiger partial charge in [-0.05, 0) is 55.0 Å². The van der Waals surface area contributed by atoms with E-state index in [-0.39, 0.29) is 5.76 Å². The number of amides is 1. The van der Waals surface area contributed by atoms with Crippen molar-refractivity contribution in [3.05, 3.63) is 87.2 Å². The highest BCUT2D eigenvalue weighted by Gasteiger charge is 2.21. The van der Waals surface area contributed by atoms with Gasteiger partial charge >= 0.3 is 5.88 Å². The minimum Gasteiger partial charge on any atom is -0.400 e. The lowest BCUT2D eigenvalue weighted by Gasteiger charge is -2.13. The van der Waals surface area contributed by atoms with Crippen LogP contribution in [0.2, 0.25) is 0 Å². The molecule has 31 heavy (non-hydrogen) atoms. The summed E-state index contributed by atoms with van der Waals surface area (Å²) >= 11 is 1.28. The third kappa shape index (κ3) is 4.17. The van der Waals surface area contributed by atoms with Crippen LogP contribution in [0.5, 0.6) is 0 Å². The zero-order valence-electron chi connectivity index (χ0n) is 16.1. The Hall–Kier alpha value is -4.36. The van der Waals surface area contributed by atoms with Gasteiger partial charge in [0, 0.05) is 5.56 Å². The number of hydrazone groups is 1. The minimum absolute atomic E-state index is 0.112. The molecule has 0 radical (unpaired) electrons. The van der Waals surface area contributed by atoms with E-state index in [0.717, 1.165) is 15.3 Å². The van der Waals surface area contributed by atoms with Crippen LogP contribution in [-0.4, -0.2) is 22.0 Å². The molecule has 9 nitrogen and oxygen atoms in total. The predicted octanol–water partition coefficient (Wildman–Crippen LogP) is 4.66. The summed E-state index contributed by atoms with van der Waals surface area (Å²) in [7, 11) is 0. The summed E-state index contributed by atoms with van der Waals surface area (Å²) in [5.74, 6) is -0.791. The van der Waals surface area contributed by atoms with Gasteiger partial charge in [0.2, 0.25) is 5.13 Å². The van der Waals surface area contributed by atoms with E-state index in [4.69, 9.17) is 9.68 Å². The fourth-order valence-electron chi connectivity index (χ4n) is 2.73. The number of anilines is 1. The molecule has 0 bridgehead atoms. The third-order valence-electron chi connectivity index (χ3n) is 4.26. The molecule has 4 aromatic rings. The van der Waals surface area contributed by atoms with Crippen LogP contribution in [-0.2, 0) is 0 Å². The molecule has 0 fully saturated rings. The van der Waals surface area contributed by atoms with Gasteiger partial charge in [0.1, 0.15) is 4.92 Å². The van der Waals surface area contributed by atoms with Gasteiger partial charge in [-0.1, -0.05) is 17.4 Å². The van der Waals surface area contributed by atoms with Crippen molar-refractivity contribution in [3.63, 3.8) is 0 Å². The van der Waals surface area contributed by atoms with Gasteiger partial charge in [-0.2, -0.15) is 15.4 Å². The molecule has 0 saturated carbocycles. The summed E-state index contributed by atoms with van der Waals surface area (Å²) in [6.07, 6.45) is 1.21. The smallest absolute Gasteiger partial charge is 0.400 e. The average Bonchev–Trinajstić information content (AvgIpc) is 3.41. The van der Waals surface area contributed by atoms with E-state index < -0.39 is 16.7 Å². The molecule has 4 rings (SSSR count). The number of aryl methyl sites for hydroxylation is 1. The first-order chi connectivity index (χ1) is 14.9. The van der Waals surface area contributed by atoms with Crippen molar-refractivity contribution in [1.29, 1.82) is 5.26 Å². The van der Waals surface area contributed by atoms with Crippen LogP contribution < -0.4 is 5.01 Å². The maximum absolute atomic E-state index is 13.2. The van der Waals surface area contributed by atoms with Crippen molar-refractivity contribution in [1.82, 2.24) is 4.98 Å². The quantitative estimate of drug-likeness (QED) is 0.257. The average molecular weight is 431 g/mol. The lowest BCUT2D eigenvalue weighted by Crippen LogP contribution is -2.25. The van der Waals surface area contributed by atoms with Gasteiger partial charge in [0.05, 0.1) is 34.1 Å². The highest BCUT2D eigenvalue weighted by atomic mass is 32.1. The summed E-state index contributed by atoms with van der Waals surface area (Å²) < 4.78 is 5.97. The lowest BCUT2D eigenvalue weighted by molar-refractivity contribution is -0.402. The van der Waals surface area contributed by atoms with Crippen LogP contribution in [0, 0.1) is 28.4 Å². The Morgan fingerprint density at radius 2 is 2.03 bits per heavy atom. The molecule has 2 aromatic heterocycles. The fraction of sp³-hybridized carbons (Fsp3) is 0.0476. The first-order valence-electron chi connectivity index (χ1n) is 8.94. The van der Waals surface area contributed by atoms with Crippen molar-refractivity contribution in [2.75, 3.05) is 5.01 Å². The number of nitrogens with zero attached hydrogens (tertiary/aromatic N) is 5. The highest BCUT2D eigenvalue weighted by molar-refractivity contribution is 7.22. The Balaban J connectivity index is 1.74. The number of carbonyl (C=O) groups excluding carboxylic acids is 1. The number of fused-ring (bicyclic) bond motifs is 1. The van der Waals surface area contributed by atoms with Crippen molar-refractivity contribution >= 4 is 44.7 Å². The van der Waals surface area contributed by atoms with Gasteiger partial charge in [-0.3, -0.25) is 14.9 Å². The van der Waals surface area contributed by atoms with Crippen molar-refractivity contribution in [2.24, 2.45) is 5.10 Å². The molecule has 0 N–H and O–H groups in total. The fourth-order valence-corrected chi connectivity index (χ4v) is 3.75. The SMILES string of the molecule is Cc1ccc2nc(N(/N=C/c3ccc([N+](=O)[O-])o3)C(=O)c3ccc(C#N)cc3)sc2c1. The summed E-state index contributed by atoms with van der Waals surface area (Å²) in [6.45, 7) is 1.96. The number of rotatable bonds is 5. The molecular weight excluding hydrogens is 418 g/mol. The third-order valence-corrected chi connectivity index (χ3v) is 5.25. The Kier molecular flexibility index (Phi) is 5.26. The summed E-state index contributed by atoms with van der Waals surface area (Å²) in [5, 5.41) is 25.4. The Morgan fingerprint density at radius 3 is 2.71 bits per heavy atom. The van der Waals surface area contributed by atoms with E-state index in [1.807, 2.05) is 31.2 Å². The Morgan fingerprint density at radius 1 is 1.26 bits per heavy atom. The maximum Gasteiger partial charge on any atom is 0.433 e. The van der Waals surface area contributed by atoms with Crippen molar-refractivity contribution in [2.45, 2.75) is 6.92 Å². The molecule has 2 aromatic carbocycles. The zero-order chi connectivity index (χ0) is 22.0. The molecule has 0 aliphatic heterocycles. The number of nitro groups is 1. The maximum atomic E-state index is 13.2. The molecule has 152 valence electrons. The molecule has 0 atom stereocenters. The van der Waals surface area contributed by atoms with Crippen LogP contribution in [0.3, 0.4) is 0 Å². The highest BCUT2D eigenvalue weighted by Crippen LogP contribution is 2.31. The molecule has 0 aliphatic rings. The van der Waals surface area contributed by atoms with E-state index in [9.17, 15) is 14.9 Å². The summed E-state index contributed by atoms with van der Waals surface area (Å²) in [6, 6.07) is 16.4. The number of hydrogen-bond donors (Lipinski definition) is 0. The van der Waals surface area contributed by atoms with Crippen LogP contribution in [0.15, 0.2) is 64.1 Å². The molecule has 10 heteroatoms. The first kappa shape index (κ1) is 19.9. The Bertz CT molecular complexity index is 1360. The van der Waals surface area contributed by atoms with Gasteiger partial charge in [0.15, 0.2) is 5.76 Å². The summed E-state index contributed by atoms with van der Waals surface area (Å²) in [5.41, 5.74) is 2.49. The second-order valence-electron chi connectivity index (χ2n) is 6.45. The number of hydrogen-bond acceptors (Lipinski definition) is 8. The molecule has 2 heterocycles. The van der Waals surface area contributed by atoms with Gasteiger partial charge in [-0.25, -0.2) is 4.98 Å². The molecule has 0 aliphatic carbocycles. The monoisotopic (exact) mass is 431 g/mol. The van der Waals surface area contributed by atoms with Gasteiger partial charge < -0.3 is 4.42 Å². The molecule has 0 unspecified atom stereocenters. The standard InChI is InChI=1S/C21H13N5O4S/c1-13-2-8-17-18(10-13)31-21(24-17)25(20(27)15-5-3-14(11-22)4-6-15)23-12-16-7-9-19(30-16)26(28)29/h2-10,12H,1H3/b23-12+. The van der Waals surface area contributed by atoms with Crippen molar-refractivity contribution < 1.29 is 14.1 Å². The number of furan rings is 1. The number of benzene rings is 2. The Labute approximate surface area is 179 Å². The predicted molar refractivity (Wildman–Crippen MR) is 115 cm³/mol. The number of carbonyl (C=O) groups is 1. The molecule has 1 amide bonds. The van der Waals surface area contributed by atoms with Crippen LogP contribution in [0.1, 0.15) is 27.2 Å². The van der Waals surface area contributed by atoms with Gasteiger partial charge in [0.25, 0.3) is 5.91 Å². The van der Waals surface area contributed by atoms with E-state index in [2.05, 4.69) is 10.1 Å². The molecule has 0 spiro atoms. The van der Waals surface area contributed by atoms with Crippen LogP contribution in [0.25, 0.3) is 10.2 Å². The van der Waals surface area contributed by atoms with Gasteiger partial charge in [-0.15, -0.1) is 0 Å². The first-order valence-corrected chi connectivity index (χ1v) is 9.76. The zero-order valence-corrected chi connectivity index (χ0v) is 16.9. The van der Waals surface area contributed by atoms with E-state index in [1.165, 1.54) is 53.9 Å². The van der Waals surface area contributed by atoms with E-state index in [0.29, 0.717) is 21.8 Å². The molecule has 0 saturated heterocycles. The number of thiazole rings is 1. The second kappa shape index (κ2) is 8.17. The number of nitriles is 1. The summed E-state index contributed by atoms with van der Waals surface area (Å²) in [4.78, 5) is 27.8. The van der Waals surface area contributed by atoms with E-state index in [1.54, 1.807) is 0 Å². The van der Waals surface area contributed by atoms with E-state index >= 15 is 0 Å². The van der Waals surface area contributed by atoms with Crippen LogP contribution >= 0.6 is 11.3 Å².